The monoisotopic (exact) mass is 279 g/mol. The molecule has 1 N–H and O–H groups in total. The second-order valence-electron chi connectivity index (χ2n) is 5.43. The standard InChI is InChI=1S/C18H21N3/c1-14-7-3-4-8-15(14)13-19-12-11-18-20-16-9-5-6-10-17(16)21(18)2/h3-10,19H,11-13H2,1-2H3. The lowest BCUT2D eigenvalue weighted by molar-refractivity contribution is 0.656. The van der Waals surface area contributed by atoms with Crippen LogP contribution in [0.2, 0.25) is 0 Å². The smallest absolute Gasteiger partial charge is 0.110 e. The molecule has 0 aliphatic carbocycles. The zero-order valence-electron chi connectivity index (χ0n) is 12.6. The Morgan fingerprint density at radius 2 is 1.81 bits per heavy atom. The number of para-hydroxylation sites is 2. The average molecular weight is 279 g/mol. The van der Waals surface area contributed by atoms with Crippen LogP contribution in [0.5, 0.6) is 0 Å². The Balaban J connectivity index is 1.60. The summed E-state index contributed by atoms with van der Waals surface area (Å²) in [6.07, 6.45) is 0.942. The van der Waals surface area contributed by atoms with Crippen molar-refractivity contribution in [3.63, 3.8) is 0 Å². The molecule has 0 aliphatic heterocycles. The van der Waals surface area contributed by atoms with Gasteiger partial charge in [0.05, 0.1) is 11.0 Å². The number of aromatic nitrogens is 2. The summed E-state index contributed by atoms with van der Waals surface area (Å²) in [7, 11) is 2.09. The third-order valence-electron chi connectivity index (χ3n) is 3.98. The highest BCUT2D eigenvalue weighted by Gasteiger charge is 2.06. The van der Waals surface area contributed by atoms with E-state index in [-0.39, 0.29) is 0 Å². The van der Waals surface area contributed by atoms with E-state index in [0.29, 0.717) is 0 Å². The van der Waals surface area contributed by atoms with Crippen LogP contribution >= 0.6 is 0 Å². The van der Waals surface area contributed by atoms with Crippen LogP contribution < -0.4 is 5.32 Å². The second kappa shape index (κ2) is 6.10. The first-order valence-electron chi connectivity index (χ1n) is 7.41. The Kier molecular flexibility index (Phi) is 4.02. The van der Waals surface area contributed by atoms with E-state index < -0.39 is 0 Å². The zero-order chi connectivity index (χ0) is 14.7. The lowest BCUT2D eigenvalue weighted by Crippen LogP contribution is -2.18. The Labute approximate surface area is 125 Å². The summed E-state index contributed by atoms with van der Waals surface area (Å²) in [6.45, 7) is 4.00. The Bertz CT molecular complexity index is 743. The van der Waals surface area contributed by atoms with Crippen molar-refractivity contribution in [3.05, 3.63) is 65.5 Å². The van der Waals surface area contributed by atoms with Gasteiger partial charge in [-0.2, -0.15) is 0 Å². The first-order chi connectivity index (χ1) is 10.3. The third-order valence-corrected chi connectivity index (χ3v) is 3.98. The van der Waals surface area contributed by atoms with Crippen molar-refractivity contribution in [2.24, 2.45) is 7.05 Å². The minimum atomic E-state index is 0.913. The van der Waals surface area contributed by atoms with Gasteiger partial charge in [0, 0.05) is 26.6 Å². The summed E-state index contributed by atoms with van der Waals surface area (Å²) >= 11 is 0. The van der Waals surface area contributed by atoms with Crippen molar-refractivity contribution in [2.75, 3.05) is 6.54 Å². The molecule has 3 heteroatoms. The highest BCUT2D eigenvalue weighted by Crippen LogP contribution is 2.14. The zero-order valence-corrected chi connectivity index (χ0v) is 12.6. The quantitative estimate of drug-likeness (QED) is 0.727. The fourth-order valence-corrected chi connectivity index (χ4v) is 2.65. The molecule has 0 atom stereocenters. The number of imidazole rings is 1. The van der Waals surface area contributed by atoms with Crippen molar-refractivity contribution in [3.8, 4) is 0 Å². The molecule has 3 nitrogen and oxygen atoms in total. The topological polar surface area (TPSA) is 29.9 Å². The number of aryl methyl sites for hydroxylation is 2. The molecular formula is C18H21N3. The summed E-state index contributed by atoms with van der Waals surface area (Å²) in [4.78, 5) is 4.70. The lowest BCUT2D eigenvalue weighted by Gasteiger charge is -2.07. The van der Waals surface area contributed by atoms with Crippen LogP contribution in [0, 0.1) is 6.92 Å². The molecule has 0 fully saturated rings. The largest absolute Gasteiger partial charge is 0.331 e. The predicted molar refractivity (Wildman–Crippen MR) is 87.3 cm³/mol. The summed E-state index contributed by atoms with van der Waals surface area (Å²) in [5.74, 6) is 1.13. The normalized spacial score (nSPS) is 11.1. The first-order valence-corrected chi connectivity index (χ1v) is 7.41. The molecule has 2 aromatic carbocycles. The van der Waals surface area contributed by atoms with Gasteiger partial charge < -0.3 is 9.88 Å². The van der Waals surface area contributed by atoms with Gasteiger partial charge in [-0.25, -0.2) is 4.98 Å². The van der Waals surface area contributed by atoms with Crippen molar-refractivity contribution >= 4 is 11.0 Å². The Morgan fingerprint density at radius 3 is 2.62 bits per heavy atom. The van der Waals surface area contributed by atoms with E-state index in [4.69, 9.17) is 4.98 Å². The minimum Gasteiger partial charge on any atom is -0.331 e. The maximum atomic E-state index is 4.70. The van der Waals surface area contributed by atoms with E-state index in [9.17, 15) is 0 Å². The first kappa shape index (κ1) is 13.8. The number of rotatable bonds is 5. The van der Waals surface area contributed by atoms with Gasteiger partial charge in [0.25, 0.3) is 0 Å². The van der Waals surface area contributed by atoms with Crippen LogP contribution in [0.4, 0.5) is 0 Å². The van der Waals surface area contributed by atoms with Gasteiger partial charge in [-0.3, -0.25) is 0 Å². The van der Waals surface area contributed by atoms with Crippen LogP contribution in [0.1, 0.15) is 17.0 Å². The highest BCUT2D eigenvalue weighted by atomic mass is 15.1. The second-order valence-corrected chi connectivity index (χ2v) is 5.43. The molecule has 0 amide bonds. The number of nitrogens with zero attached hydrogens (tertiary/aromatic N) is 2. The number of benzene rings is 2. The predicted octanol–water partition coefficient (Wildman–Crippen LogP) is 3.21. The van der Waals surface area contributed by atoms with E-state index in [2.05, 4.69) is 66.3 Å². The number of hydrogen-bond acceptors (Lipinski definition) is 2. The number of nitrogens with one attached hydrogen (secondary N) is 1. The molecule has 1 aromatic heterocycles. The molecule has 0 saturated heterocycles. The van der Waals surface area contributed by atoms with E-state index in [1.54, 1.807) is 0 Å². The maximum Gasteiger partial charge on any atom is 0.110 e. The van der Waals surface area contributed by atoms with Crippen molar-refractivity contribution in [1.29, 1.82) is 0 Å². The van der Waals surface area contributed by atoms with E-state index in [1.807, 2.05) is 6.07 Å². The molecule has 21 heavy (non-hydrogen) atoms. The van der Waals surface area contributed by atoms with Gasteiger partial charge in [0.2, 0.25) is 0 Å². The van der Waals surface area contributed by atoms with Gasteiger partial charge in [0.15, 0.2) is 0 Å². The van der Waals surface area contributed by atoms with Crippen LogP contribution in [0.25, 0.3) is 11.0 Å². The average Bonchev–Trinajstić information content (AvgIpc) is 2.82. The van der Waals surface area contributed by atoms with Crippen LogP contribution in [-0.2, 0) is 20.0 Å². The van der Waals surface area contributed by atoms with Crippen LogP contribution in [-0.4, -0.2) is 16.1 Å². The minimum absolute atomic E-state index is 0.913. The van der Waals surface area contributed by atoms with Gasteiger partial charge >= 0.3 is 0 Å². The van der Waals surface area contributed by atoms with Crippen molar-refractivity contribution in [1.82, 2.24) is 14.9 Å². The number of hydrogen-bond donors (Lipinski definition) is 1. The summed E-state index contributed by atoms with van der Waals surface area (Å²) in [6, 6.07) is 16.8. The van der Waals surface area contributed by atoms with Crippen molar-refractivity contribution in [2.45, 2.75) is 19.9 Å². The van der Waals surface area contributed by atoms with Gasteiger partial charge in [-0.1, -0.05) is 36.4 Å². The molecule has 0 spiro atoms. The molecule has 0 unspecified atom stereocenters. The highest BCUT2D eigenvalue weighted by molar-refractivity contribution is 5.75. The van der Waals surface area contributed by atoms with Gasteiger partial charge in [0.1, 0.15) is 5.82 Å². The van der Waals surface area contributed by atoms with E-state index in [0.717, 1.165) is 30.9 Å². The summed E-state index contributed by atoms with van der Waals surface area (Å²) in [5, 5.41) is 3.51. The molecule has 108 valence electrons. The lowest BCUT2D eigenvalue weighted by atomic mass is 10.1. The maximum absolute atomic E-state index is 4.70. The van der Waals surface area contributed by atoms with E-state index >= 15 is 0 Å². The van der Waals surface area contributed by atoms with Crippen molar-refractivity contribution < 1.29 is 0 Å². The Morgan fingerprint density at radius 1 is 1.05 bits per heavy atom. The third kappa shape index (κ3) is 2.98. The molecule has 1 heterocycles. The Hall–Kier alpha value is -2.13. The van der Waals surface area contributed by atoms with Crippen LogP contribution in [0.3, 0.4) is 0 Å². The molecule has 0 saturated carbocycles. The summed E-state index contributed by atoms with van der Waals surface area (Å²) < 4.78 is 2.19. The molecule has 0 radical (unpaired) electrons. The molecular weight excluding hydrogens is 258 g/mol. The summed E-state index contributed by atoms with van der Waals surface area (Å²) in [5.41, 5.74) is 4.98. The molecule has 3 aromatic rings. The fraction of sp³-hybridized carbons (Fsp3) is 0.278. The fourth-order valence-electron chi connectivity index (χ4n) is 2.65. The molecule has 0 bridgehead atoms. The number of fused-ring (bicyclic) bond motifs is 1. The SMILES string of the molecule is Cc1ccccc1CNCCc1nc2ccccc2n1C. The van der Waals surface area contributed by atoms with Gasteiger partial charge in [-0.05, 0) is 30.2 Å². The molecule has 0 aliphatic rings. The van der Waals surface area contributed by atoms with Crippen LogP contribution in [0.15, 0.2) is 48.5 Å². The molecule has 3 rings (SSSR count). The van der Waals surface area contributed by atoms with Gasteiger partial charge in [-0.15, -0.1) is 0 Å². The van der Waals surface area contributed by atoms with E-state index in [1.165, 1.54) is 16.6 Å².